The molecule has 0 N–H and O–H groups in total. The first-order valence-electron chi connectivity index (χ1n) is 4.27. The maximum atomic E-state index is 11.2. The summed E-state index contributed by atoms with van der Waals surface area (Å²) in [4.78, 5) is 11.2. The van der Waals surface area contributed by atoms with Crippen molar-refractivity contribution in [2.24, 2.45) is 0 Å². The Morgan fingerprint density at radius 2 is 2.36 bits per heavy atom. The van der Waals surface area contributed by atoms with E-state index in [1.807, 2.05) is 0 Å². The van der Waals surface area contributed by atoms with Gasteiger partial charge in [0.1, 0.15) is 5.25 Å². The van der Waals surface area contributed by atoms with Crippen LogP contribution in [0.2, 0.25) is 0 Å². The molecule has 0 aromatic carbocycles. The molecule has 6 heteroatoms. The summed E-state index contributed by atoms with van der Waals surface area (Å²) in [6.07, 6.45) is 0. The second kappa shape index (κ2) is 4.99. The fourth-order valence-electron chi connectivity index (χ4n) is 0.785. The number of aryl methyl sites for hydroxylation is 1. The summed E-state index contributed by atoms with van der Waals surface area (Å²) in [6.45, 7) is 5.59. The number of nitrogens with zero attached hydrogens (tertiary/aromatic N) is 2. The first kappa shape index (κ1) is 11.0. The fourth-order valence-corrected chi connectivity index (χ4v) is 1.51. The third kappa shape index (κ3) is 3.02. The molecule has 1 unspecified atom stereocenters. The van der Waals surface area contributed by atoms with E-state index < -0.39 is 0 Å². The molecule has 78 valence electrons. The SMILES string of the molecule is CCOC(=O)C(C)Sc1nnc(C)o1. The quantitative estimate of drug-likeness (QED) is 0.560. The minimum atomic E-state index is -0.324. The van der Waals surface area contributed by atoms with Crippen LogP contribution in [0.4, 0.5) is 0 Å². The zero-order valence-electron chi connectivity index (χ0n) is 8.31. The van der Waals surface area contributed by atoms with Gasteiger partial charge < -0.3 is 9.15 Å². The maximum absolute atomic E-state index is 11.2. The Hall–Kier alpha value is -1.04. The van der Waals surface area contributed by atoms with Gasteiger partial charge in [0.15, 0.2) is 0 Å². The van der Waals surface area contributed by atoms with Gasteiger partial charge in [-0.2, -0.15) is 0 Å². The highest BCUT2D eigenvalue weighted by atomic mass is 32.2. The predicted octanol–water partition coefficient (Wildman–Crippen LogP) is 1.42. The van der Waals surface area contributed by atoms with Gasteiger partial charge in [-0.1, -0.05) is 11.8 Å². The molecule has 0 radical (unpaired) electrons. The molecule has 0 saturated carbocycles. The number of hydrogen-bond acceptors (Lipinski definition) is 6. The lowest BCUT2D eigenvalue weighted by molar-refractivity contribution is -0.142. The molecule has 1 heterocycles. The third-order valence-corrected chi connectivity index (χ3v) is 2.32. The van der Waals surface area contributed by atoms with Crippen molar-refractivity contribution in [3.63, 3.8) is 0 Å². The van der Waals surface area contributed by atoms with E-state index in [0.717, 1.165) is 0 Å². The molecule has 1 rings (SSSR count). The van der Waals surface area contributed by atoms with E-state index in [2.05, 4.69) is 10.2 Å². The number of thioether (sulfide) groups is 1. The van der Waals surface area contributed by atoms with Crippen LogP contribution >= 0.6 is 11.8 Å². The molecule has 14 heavy (non-hydrogen) atoms. The van der Waals surface area contributed by atoms with Crippen molar-refractivity contribution in [2.75, 3.05) is 6.61 Å². The highest BCUT2D eigenvalue weighted by Crippen LogP contribution is 2.22. The van der Waals surface area contributed by atoms with E-state index in [1.165, 1.54) is 11.8 Å². The topological polar surface area (TPSA) is 65.2 Å². The van der Waals surface area contributed by atoms with E-state index in [0.29, 0.717) is 17.7 Å². The Morgan fingerprint density at radius 1 is 1.64 bits per heavy atom. The highest BCUT2D eigenvalue weighted by molar-refractivity contribution is 8.00. The summed E-state index contributed by atoms with van der Waals surface area (Å²) in [6, 6.07) is 0. The van der Waals surface area contributed by atoms with E-state index in [4.69, 9.17) is 9.15 Å². The number of carbonyl (C=O) groups excluding carboxylic acids is 1. The van der Waals surface area contributed by atoms with Crippen molar-refractivity contribution in [3.8, 4) is 0 Å². The van der Waals surface area contributed by atoms with Gasteiger partial charge in [0, 0.05) is 6.92 Å². The molecule has 0 bridgehead atoms. The number of rotatable bonds is 4. The Morgan fingerprint density at radius 3 is 2.86 bits per heavy atom. The van der Waals surface area contributed by atoms with Crippen molar-refractivity contribution in [2.45, 2.75) is 31.2 Å². The maximum Gasteiger partial charge on any atom is 0.319 e. The number of ether oxygens (including phenoxy) is 1. The summed E-state index contributed by atoms with van der Waals surface area (Å²) in [7, 11) is 0. The van der Waals surface area contributed by atoms with E-state index >= 15 is 0 Å². The molecule has 0 spiro atoms. The molecule has 0 aliphatic rings. The number of carbonyl (C=O) groups is 1. The van der Waals surface area contributed by atoms with Crippen LogP contribution in [0.3, 0.4) is 0 Å². The Bertz CT molecular complexity index is 313. The van der Waals surface area contributed by atoms with Crippen LogP contribution in [0, 0.1) is 6.92 Å². The number of aromatic nitrogens is 2. The molecule has 1 aromatic rings. The van der Waals surface area contributed by atoms with Gasteiger partial charge in [0.25, 0.3) is 5.22 Å². The van der Waals surface area contributed by atoms with E-state index in [-0.39, 0.29) is 11.2 Å². The van der Waals surface area contributed by atoms with Crippen LogP contribution in [-0.4, -0.2) is 28.0 Å². The lowest BCUT2D eigenvalue weighted by atomic mass is 10.5. The number of hydrogen-bond donors (Lipinski definition) is 0. The van der Waals surface area contributed by atoms with Crippen LogP contribution in [-0.2, 0) is 9.53 Å². The zero-order valence-corrected chi connectivity index (χ0v) is 9.13. The summed E-state index contributed by atoms with van der Waals surface area (Å²) < 4.78 is 9.95. The molecule has 0 fully saturated rings. The zero-order chi connectivity index (χ0) is 10.6. The lowest BCUT2D eigenvalue weighted by Crippen LogP contribution is -2.16. The van der Waals surface area contributed by atoms with Gasteiger partial charge in [-0.25, -0.2) is 0 Å². The molecule has 0 aliphatic carbocycles. The Labute approximate surface area is 86.2 Å². The van der Waals surface area contributed by atoms with Crippen molar-refractivity contribution >= 4 is 17.7 Å². The average Bonchev–Trinajstić information content (AvgIpc) is 2.51. The largest absolute Gasteiger partial charge is 0.465 e. The van der Waals surface area contributed by atoms with Gasteiger partial charge >= 0.3 is 5.97 Å². The minimum absolute atomic E-state index is 0.270. The molecule has 0 amide bonds. The van der Waals surface area contributed by atoms with Gasteiger partial charge in [-0.15, -0.1) is 10.2 Å². The minimum Gasteiger partial charge on any atom is -0.465 e. The fraction of sp³-hybridized carbons (Fsp3) is 0.625. The van der Waals surface area contributed by atoms with Crippen molar-refractivity contribution in [3.05, 3.63) is 5.89 Å². The molecule has 0 aliphatic heterocycles. The second-order valence-corrected chi connectivity index (χ2v) is 3.89. The van der Waals surface area contributed by atoms with Crippen LogP contribution < -0.4 is 0 Å². The Kier molecular flexibility index (Phi) is 3.94. The van der Waals surface area contributed by atoms with Crippen LogP contribution in [0.25, 0.3) is 0 Å². The summed E-state index contributed by atoms with van der Waals surface area (Å²) in [5, 5.41) is 7.49. The van der Waals surface area contributed by atoms with Crippen molar-refractivity contribution in [1.82, 2.24) is 10.2 Å². The predicted molar refractivity (Wildman–Crippen MR) is 51.0 cm³/mol. The smallest absolute Gasteiger partial charge is 0.319 e. The normalized spacial score (nSPS) is 12.5. The summed E-state index contributed by atoms with van der Waals surface area (Å²) in [5.41, 5.74) is 0. The van der Waals surface area contributed by atoms with Gasteiger partial charge in [0.2, 0.25) is 5.89 Å². The standard InChI is InChI=1S/C8H12N2O3S/c1-4-12-7(11)5(2)14-8-10-9-6(3)13-8/h5H,4H2,1-3H3. The monoisotopic (exact) mass is 216 g/mol. The molecule has 1 atom stereocenters. The van der Waals surface area contributed by atoms with Gasteiger partial charge in [-0.05, 0) is 13.8 Å². The molecule has 1 aromatic heterocycles. The van der Waals surface area contributed by atoms with Gasteiger partial charge in [-0.3, -0.25) is 4.79 Å². The average molecular weight is 216 g/mol. The van der Waals surface area contributed by atoms with Crippen LogP contribution in [0.5, 0.6) is 0 Å². The van der Waals surface area contributed by atoms with Crippen molar-refractivity contribution < 1.29 is 13.9 Å². The highest BCUT2D eigenvalue weighted by Gasteiger charge is 2.18. The third-order valence-electron chi connectivity index (χ3n) is 1.40. The van der Waals surface area contributed by atoms with E-state index in [9.17, 15) is 4.79 Å². The molecule has 5 nitrogen and oxygen atoms in total. The first-order chi connectivity index (χ1) is 6.63. The van der Waals surface area contributed by atoms with Crippen LogP contribution in [0.1, 0.15) is 19.7 Å². The van der Waals surface area contributed by atoms with Gasteiger partial charge in [0.05, 0.1) is 6.61 Å². The van der Waals surface area contributed by atoms with Crippen molar-refractivity contribution in [1.29, 1.82) is 0 Å². The summed E-state index contributed by atoms with van der Waals surface area (Å²) >= 11 is 1.20. The lowest BCUT2D eigenvalue weighted by Gasteiger charge is -2.06. The van der Waals surface area contributed by atoms with E-state index in [1.54, 1.807) is 20.8 Å². The second-order valence-electron chi connectivity index (χ2n) is 2.60. The molecular weight excluding hydrogens is 204 g/mol. The summed E-state index contributed by atoms with van der Waals surface area (Å²) in [5.74, 6) is 0.219. The Balaban J connectivity index is 2.48. The molecule has 0 saturated heterocycles. The molecular formula is C8H12N2O3S. The number of esters is 1. The first-order valence-corrected chi connectivity index (χ1v) is 5.14. The van der Waals surface area contributed by atoms with Crippen LogP contribution in [0.15, 0.2) is 9.64 Å².